The third-order valence-electron chi connectivity index (χ3n) is 4.90. The highest BCUT2D eigenvalue weighted by molar-refractivity contribution is 6.10. The molecule has 4 aromatic rings. The molecule has 4 rings (SSSR count). The molecule has 0 fully saturated rings. The number of carbonyl (C=O) groups is 1. The molecule has 2 heterocycles. The molecule has 0 radical (unpaired) electrons. The number of hydrogen-bond acceptors (Lipinski definition) is 8. The minimum atomic E-state index is -0.392. The molecule has 2 aromatic carbocycles. The fraction of sp³-hybridized carbons (Fsp3) is 0.217. The number of carbonyl (C=O) groups excluding carboxylic acids is 1. The summed E-state index contributed by atoms with van der Waals surface area (Å²) in [7, 11) is 1.55. The lowest BCUT2D eigenvalue weighted by molar-refractivity contribution is 0.0939. The zero-order chi connectivity index (χ0) is 23.4. The molecule has 0 saturated carbocycles. The van der Waals surface area contributed by atoms with E-state index in [9.17, 15) is 9.90 Å². The number of phenols is 1. The number of fused-ring (bicyclic) bond motifs is 2. The van der Waals surface area contributed by atoms with Crippen LogP contribution in [0.4, 0.5) is 5.82 Å². The number of hydrogen-bond donors (Lipinski definition) is 3. The first kappa shape index (κ1) is 22.0. The normalized spacial score (nSPS) is 11.5. The average molecular weight is 448 g/mol. The number of aromatic nitrogens is 3. The lowest BCUT2D eigenvalue weighted by Gasteiger charge is -2.06. The molecule has 1 amide bonds. The number of phenolic OH excluding ortho intramolecular Hbond substituents is 1. The maximum atomic E-state index is 12.9. The molecular formula is C23H24N6O4. The van der Waals surface area contributed by atoms with Gasteiger partial charge in [-0.2, -0.15) is 9.78 Å². The standard InChI is InChI=1S/C23H24N6O4/c1-3-33-18-12-14(8-9-17(18)30)13-26-29-21(24)19(23(31)25-10-11-32-2)20-22(29)28-16-7-5-4-6-15(16)27-20/h4-9,12-13,30H,3,10-11,24H2,1-2H3,(H,25,31). The van der Waals surface area contributed by atoms with Gasteiger partial charge >= 0.3 is 0 Å². The lowest BCUT2D eigenvalue weighted by atomic mass is 10.2. The minimum Gasteiger partial charge on any atom is -0.504 e. The van der Waals surface area contributed by atoms with Crippen LogP contribution in [0.3, 0.4) is 0 Å². The summed E-state index contributed by atoms with van der Waals surface area (Å²) in [6, 6.07) is 12.2. The molecule has 0 bridgehead atoms. The van der Waals surface area contributed by atoms with Crippen molar-refractivity contribution in [3.63, 3.8) is 0 Å². The van der Waals surface area contributed by atoms with E-state index < -0.39 is 5.91 Å². The number of nitrogen functional groups attached to an aromatic ring is 1. The minimum absolute atomic E-state index is 0.0345. The molecule has 170 valence electrons. The van der Waals surface area contributed by atoms with Gasteiger partial charge < -0.3 is 25.6 Å². The molecule has 0 saturated heterocycles. The highest BCUT2D eigenvalue weighted by Crippen LogP contribution is 2.29. The predicted octanol–water partition coefficient (Wildman–Crippen LogP) is 2.53. The van der Waals surface area contributed by atoms with Crippen LogP contribution in [0.25, 0.3) is 22.2 Å². The predicted molar refractivity (Wildman–Crippen MR) is 126 cm³/mol. The van der Waals surface area contributed by atoms with Crippen molar-refractivity contribution in [3.8, 4) is 11.5 Å². The summed E-state index contributed by atoms with van der Waals surface area (Å²) in [6.07, 6.45) is 1.54. The number of ether oxygens (including phenoxy) is 2. The van der Waals surface area contributed by atoms with Crippen LogP contribution < -0.4 is 15.8 Å². The zero-order valence-corrected chi connectivity index (χ0v) is 18.3. The molecule has 0 aliphatic carbocycles. The van der Waals surface area contributed by atoms with E-state index in [1.54, 1.807) is 25.5 Å². The lowest BCUT2D eigenvalue weighted by Crippen LogP contribution is -2.27. The number of aromatic hydroxyl groups is 1. The van der Waals surface area contributed by atoms with E-state index in [4.69, 9.17) is 15.2 Å². The monoisotopic (exact) mass is 448 g/mol. The molecular weight excluding hydrogens is 424 g/mol. The molecule has 0 aliphatic rings. The highest BCUT2D eigenvalue weighted by atomic mass is 16.5. The number of nitrogens with two attached hydrogens (primary N) is 1. The van der Waals surface area contributed by atoms with Crippen molar-refractivity contribution in [1.29, 1.82) is 0 Å². The number of methoxy groups -OCH3 is 1. The summed E-state index contributed by atoms with van der Waals surface area (Å²) >= 11 is 0. The van der Waals surface area contributed by atoms with E-state index in [2.05, 4.69) is 20.4 Å². The van der Waals surface area contributed by atoms with Crippen molar-refractivity contribution in [2.75, 3.05) is 32.6 Å². The van der Waals surface area contributed by atoms with Crippen LogP contribution in [-0.2, 0) is 4.74 Å². The summed E-state index contributed by atoms with van der Waals surface area (Å²) in [5.41, 5.74) is 9.20. The van der Waals surface area contributed by atoms with Crippen molar-refractivity contribution >= 4 is 40.1 Å². The molecule has 10 heteroatoms. The second-order valence-corrected chi connectivity index (χ2v) is 7.11. The Morgan fingerprint density at radius 1 is 1.24 bits per heavy atom. The quantitative estimate of drug-likeness (QED) is 0.278. The Balaban J connectivity index is 1.82. The first-order chi connectivity index (χ1) is 16.0. The molecule has 33 heavy (non-hydrogen) atoms. The molecule has 4 N–H and O–H groups in total. The first-order valence-electron chi connectivity index (χ1n) is 10.4. The van der Waals surface area contributed by atoms with Gasteiger partial charge in [0.25, 0.3) is 5.91 Å². The fourth-order valence-corrected chi connectivity index (χ4v) is 3.35. The molecule has 10 nitrogen and oxygen atoms in total. The SMILES string of the molecule is CCOc1cc(C=Nn2c(N)c(C(=O)NCCOC)c3nc4ccccc4nc32)ccc1O. The van der Waals surface area contributed by atoms with Gasteiger partial charge in [-0.25, -0.2) is 9.97 Å². The maximum absolute atomic E-state index is 12.9. The smallest absolute Gasteiger partial charge is 0.257 e. The van der Waals surface area contributed by atoms with Gasteiger partial charge in [0.2, 0.25) is 0 Å². The van der Waals surface area contributed by atoms with Gasteiger partial charge in [0.1, 0.15) is 16.9 Å². The maximum Gasteiger partial charge on any atom is 0.257 e. The summed E-state index contributed by atoms with van der Waals surface area (Å²) in [4.78, 5) is 22.2. The van der Waals surface area contributed by atoms with E-state index in [1.807, 2.05) is 31.2 Å². The second-order valence-electron chi connectivity index (χ2n) is 7.11. The van der Waals surface area contributed by atoms with Crippen LogP contribution in [0.1, 0.15) is 22.8 Å². The van der Waals surface area contributed by atoms with E-state index in [-0.39, 0.29) is 17.1 Å². The summed E-state index contributed by atoms with van der Waals surface area (Å²) in [5, 5.41) is 17.2. The van der Waals surface area contributed by atoms with Crippen LogP contribution in [0.2, 0.25) is 0 Å². The zero-order valence-electron chi connectivity index (χ0n) is 18.3. The van der Waals surface area contributed by atoms with Crippen molar-refractivity contribution < 1.29 is 19.4 Å². The number of para-hydroxylation sites is 2. The largest absolute Gasteiger partial charge is 0.504 e. The fourth-order valence-electron chi connectivity index (χ4n) is 3.35. The number of benzene rings is 2. The molecule has 0 spiro atoms. The van der Waals surface area contributed by atoms with Crippen LogP contribution in [-0.4, -0.2) is 58.7 Å². The van der Waals surface area contributed by atoms with Gasteiger partial charge in [0.05, 0.1) is 30.5 Å². The molecule has 2 aromatic heterocycles. The van der Waals surface area contributed by atoms with Crippen molar-refractivity contribution in [1.82, 2.24) is 20.0 Å². The molecule has 0 unspecified atom stereocenters. The van der Waals surface area contributed by atoms with Gasteiger partial charge in [-0.3, -0.25) is 4.79 Å². The molecule has 0 atom stereocenters. The number of rotatable bonds is 8. The summed E-state index contributed by atoms with van der Waals surface area (Å²) in [6.45, 7) is 2.92. The van der Waals surface area contributed by atoms with Crippen molar-refractivity contribution in [2.45, 2.75) is 6.92 Å². The Kier molecular flexibility index (Phi) is 6.36. The number of nitrogens with one attached hydrogen (secondary N) is 1. The van der Waals surface area contributed by atoms with Crippen LogP contribution >= 0.6 is 0 Å². The third kappa shape index (κ3) is 4.41. The van der Waals surface area contributed by atoms with Crippen LogP contribution in [0, 0.1) is 0 Å². The summed E-state index contributed by atoms with van der Waals surface area (Å²) < 4.78 is 11.8. The Bertz CT molecular complexity index is 1350. The van der Waals surface area contributed by atoms with Crippen molar-refractivity contribution in [2.24, 2.45) is 5.10 Å². The van der Waals surface area contributed by atoms with E-state index >= 15 is 0 Å². The topological polar surface area (TPSA) is 137 Å². The van der Waals surface area contributed by atoms with Crippen LogP contribution in [0.15, 0.2) is 47.6 Å². The Morgan fingerprint density at radius 2 is 2.00 bits per heavy atom. The number of anilines is 1. The van der Waals surface area contributed by atoms with Crippen molar-refractivity contribution in [3.05, 3.63) is 53.6 Å². The third-order valence-corrected chi connectivity index (χ3v) is 4.90. The Labute approximate surface area is 189 Å². The Morgan fingerprint density at radius 3 is 2.73 bits per heavy atom. The van der Waals surface area contributed by atoms with E-state index in [0.717, 1.165) is 0 Å². The van der Waals surface area contributed by atoms with Gasteiger partial charge in [0.15, 0.2) is 17.1 Å². The highest BCUT2D eigenvalue weighted by Gasteiger charge is 2.23. The van der Waals surface area contributed by atoms with E-state index in [0.29, 0.717) is 53.3 Å². The first-order valence-corrected chi connectivity index (χ1v) is 10.4. The summed E-state index contributed by atoms with van der Waals surface area (Å²) in [5.74, 6) is 0.0923. The van der Waals surface area contributed by atoms with Gasteiger partial charge in [0, 0.05) is 13.7 Å². The number of amides is 1. The van der Waals surface area contributed by atoms with Gasteiger partial charge in [-0.05, 0) is 42.8 Å². The number of nitrogens with zero attached hydrogens (tertiary/aromatic N) is 4. The van der Waals surface area contributed by atoms with Crippen LogP contribution in [0.5, 0.6) is 11.5 Å². The van der Waals surface area contributed by atoms with Gasteiger partial charge in [-0.15, -0.1) is 0 Å². The van der Waals surface area contributed by atoms with E-state index in [1.165, 1.54) is 10.7 Å². The average Bonchev–Trinajstić information content (AvgIpc) is 3.08. The Hall–Kier alpha value is -4.18. The van der Waals surface area contributed by atoms with Gasteiger partial charge in [-0.1, -0.05) is 12.1 Å². The molecule has 0 aliphatic heterocycles. The second kappa shape index (κ2) is 9.53.